The summed E-state index contributed by atoms with van der Waals surface area (Å²) in [5, 5.41) is 6.58. The van der Waals surface area contributed by atoms with E-state index in [2.05, 4.69) is 43.3 Å². The van der Waals surface area contributed by atoms with Crippen LogP contribution < -0.4 is 10.6 Å². The third kappa shape index (κ3) is 4.34. The minimum absolute atomic E-state index is 0.115. The van der Waals surface area contributed by atoms with Gasteiger partial charge < -0.3 is 10.6 Å². The van der Waals surface area contributed by atoms with E-state index >= 15 is 0 Å². The van der Waals surface area contributed by atoms with E-state index in [4.69, 9.17) is 0 Å². The fraction of sp³-hybridized carbons (Fsp3) is 0.435. The van der Waals surface area contributed by atoms with Crippen molar-refractivity contribution in [3.63, 3.8) is 0 Å². The van der Waals surface area contributed by atoms with Gasteiger partial charge in [-0.05, 0) is 42.5 Å². The smallest absolute Gasteiger partial charge is 0.131 e. The average Bonchev–Trinajstić information content (AvgIpc) is 3.10. The van der Waals surface area contributed by atoms with Gasteiger partial charge >= 0.3 is 0 Å². The number of rotatable bonds is 5. The molecule has 0 spiro atoms. The van der Waals surface area contributed by atoms with Crippen LogP contribution in [-0.2, 0) is 5.41 Å². The Labute approximate surface area is 166 Å². The third-order valence-electron chi connectivity index (χ3n) is 5.32. The second kappa shape index (κ2) is 7.90. The first-order valence-electron chi connectivity index (χ1n) is 9.85. The van der Waals surface area contributed by atoms with E-state index in [1.54, 1.807) is 12.4 Å². The summed E-state index contributed by atoms with van der Waals surface area (Å²) in [7, 11) is 0. The van der Waals surface area contributed by atoms with Crippen LogP contribution in [0.15, 0.2) is 42.5 Å². The first-order chi connectivity index (χ1) is 13.2. The van der Waals surface area contributed by atoms with Crippen LogP contribution in [0.1, 0.15) is 64.6 Å². The van der Waals surface area contributed by atoms with Crippen LogP contribution in [0.5, 0.6) is 0 Å². The number of aromatic nitrogens is 1. The average molecular weight is 386 g/mol. The minimum Gasteiger partial charge on any atom is -0.386 e. The van der Waals surface area contributed by atoms with Gasteiger partial charge in [0.2, 0.25) is 0 Å². The van der Waals surface area contributed by atoms with Crippen molar-refractivity contribution in [1.29, 1.82) is 0 Å². The number of nitrogens with zero attached hydrogens (tertiary/aromatic N) is 1. The zero-order valence-electron chi connectivity index (χ0n) is 17.2. The molecule has 2 atom stereocenters. The zero-order valence-corrected chi connectivity index (χ0v) is 17.2. The Morgan fingerprint density at radius 1 is 1.18 bits per heavy atom. The number of halogens is 2. The van der Waals surface area contributed by atoms with Crippen molar-refractivity contribution in [2.45, 2.75) is 65.0 Å². The van der Waals surface area contributed by atoms with Gasteiger partial charge in [0.1, 0.15) is 11.6 Å². The fourth-order valence-corrected chi connectivity index (χ4v) is 3.43. The third-order valence-corrected chi connectivity index (χ3v) is 5.32. The van der Waals surface area contributed by atoms with E-state index in [1.807, 2.05) is 19.2 Å². The molecule has 0 radical (unpaired) electrons. The highest BCUT2D eigenvalue weighted by molar-refractivity contribution is 5.65. The van der Waals surface area contributed by atoms with Crippen molar-refractivity contribution < 1.29 is 8.78 Å². The van der Waals surface area contributed by atoms with Crippen molar-refractivity contribution in [3.05, 3.63) is 65.3 Å². The Bertz CT molecular complexity index is 884. The molecular formula is C23H29F2N3. The molecule has 1 aliphatic rings. The van der Waals surface area contributed by atoms with Crippen LogP contribution in [0.2, 0.25) is 0 Å². The number of pyridine rings is 1. The molecule has 150 valence electrons. The minimum atomic E-state index is -0.442. The molecule has 2 aromatic rings. The maximum Gasteiger partial charge on any atom is 0.131 e. The maximum atomic E-state index is 14.9. The monoisotopic (exact) mass is 385 g/mol. The Morgan fingerprint density at radius 2 is 1.93 bits per heavy atom. The molecule has 1 aromatic heterocycles. The summed E-state index contributed by atoms with van der Waals surface area (Å²) in [5.74, 6) is -0.862. The van der Waals surface area contributed by atoms with E-state index in [-0.39, 0.29) is 17.0 Å². The highest BCUT2D eigenvalue weighted by Gasteiger charge is 2.21. The Morgan fingerprint density at radius 3 is 2.57 bits per heavy atom. The molecule has 0 saturated carbocycles. The molecule has 0 fully saturated rings. The van der Waals surface area contributed by atoms with E-state index in [1.165, 1.54) is 12.1 Å². The molecule has 1 aromatic carbocycles. The molecule has 1 aliphatic heterocycles. The maximum absolute atomic E-state index is 14.9. The number of hydrogen-bond acceptors (Lipinski definition) is 3. The quantitative estimate of drug-likeness (QED) is 0.705. The van der Waals surface area contributed by atoms with Gasteiger partial charge in [-0.15, -0.1) is 0 Å². The Kier molecular flexibility index (Phi) is 5.73. The first kappa shape index (κ1) is 20.3. The molecule has 0 aliphatic carbocycles. The van der Waals surface area contributed by atoms with Gasteiger partial charge in [0, 0.05) is 53.4 Å². The lowest BCUT2D eigenvalue weighted by molar-refractivity contribution is 0.535. The predicted octanol–water partition coefficient (Wildman–Crippen LogP) is 5.59. The first-order valence-corrected chi connectivity index (χ1v) is 9.85. The molecule has 2 unspecified atom stereocenters. The zero-order chi connectivity index (χ0) is 20.5. The highest BCUT2D eigenvalue weighted by Crippen LogP contribution is 2.31. The summed E-state index contributed by atoms with van der Waals surface area (Å²) in [6.07, 6.45) is 7.17. The summed E-state index contributed by atoms with van der Waals surface area (Å²) < 4.78 is 29.7. The summed E-state index contributed by atoms with van der Waals surface area (Å²) in [6, 6.07) is 4.54. The molecule has 5 heteroatoms. The van der Waals surface area contributed by atoms with Crippen LogP contribution in [-0.4, -0.2) is 11.0 Å². The van der Waals surface area contributed by atoms with E-state index in [0.29, 0.717) is 17.2 Å². The van der Waals surface area contributed by atoms with Crippen molar-refractivity contribution in [2.75, 3.05) is 0 Å². The van der Waals surface area contributed by atoms with Crippen LogP contribution in [0.25, 0.3) is 11.1 Å². The normalized spacial score (nSPS) is 17.8. The lowest BCUT2D eigenvalue weighted by Gasteiger charge is -2.20. The van der Waals surface area contributed by atoms with Gasteiger partial charge in [0.25, 0.3) is 0 Å². The van der Waals surface area contributed by atoms with Crippen molar-refractivity contribution >= 4 is 0 Å². The van der Waals surface area contributed by atoms with Crippen LogP contribution in [0, 0.1) is 11.6 Å². The van der Waals surface area contributed by atoms with Gasteiger partial charge in [-0.1, -0.05) is 27.7 Å². The number of benzene rings is 1. The summed E-state index contributed by atoms with van der Waals surface area (Å²) in [6.45, 7) is 10.2. The topological polar surface area (TPSA) is 37.0 Å². The molecule has 0 amide bonds. The molecule has 0 bridgehead atoms. The molecule has 3 rings (SSSR count). The Hall–Kier alpha value is -2.43. The lowest BCUT2D eigenvalue weighted by Crippen LogP contribution is -2.20. The molecule has 0 saturated heterocycles. The SMILES string of the molecule is CCC1CC(NC(C)c2cc(F)c(-c3cncc(C(C)(C)C)c3)cc2F)=CN1. The van der Waals surface area contributed by atoms with Crippen LogP contribution >= 0.6 is 0 Å². The second-order valence-corrected chi connectivity index (χ2v) is 8.58. The van der Waals surface area contributed by atoms with Crippen molar-refractivity contribution in [3.8, 4) is 11.1 Å². The molecule has 28 heavy (non-hydrogen) atoms. The molecule has 3 nitrogen and oxygen atoms in total. The lowest BCUT2D eigenvalue weighted by atomic mass is 9.87. The van der Waals surface area contributed by atoms with Gasteiger partial charge in [-0.2, -0.15) is 0 Å². The van der Waals surface area contributed by atoms with E-state index < -0.39 is 11.6 Å². The predicted molar refractivity (Wildman–Crippen MR) is 110 cm³/mol. The summed E-state index contributed by atoms with van der Waals surface area (Å²) >= 11 is 0. The van der Waals surface area contributed by atoms with E-state index in [0.717, 1.165) is 24.1 Å². The second-order valence-electron chi connectivity index (χ2n) is 8.58. The van der Waals surface area contributed by atoms with Crippen LogP contribution in [0.3, 0.4) is 0 Å². The largest absolute Gasteiger partial charge is 0.386 e. The van der Waals surface area contributed by atoms with E-state index in [9.17, 15) is 8.78 Å². The van der Waals surface area contributed by atoms with Crippen LogP contribution in [0.4, 0.5) is 8.78 Å². The summed E-state index contributed by atoms with van der Waals surface area (Å²) in [5.41, 5.74) is 3.03. The summed E-state index contributed by atoms with van der Waals surface area (Å²) in [4.78, 5) is 4.22. The van der Waals surface area contributed by atoms with Gasteiger partial charge in [-0.25, -0.2) is 8.78 Å². The fourth-order valence-electron chi connectivity index (χ4n) is 3.43. The van der Waals surface area contributed by atoms with Crippen molar-refractivity contribution in [2.24, 2.45) is 0 Å². The Balaban J connectivity index is 1.85. The van der Waals surface area contributed by atoms with Gasteiger partial charge in [0.15, 0.2) is 0 Å². The number of hydrogen-bond donors (Lipinski definition) is 2. The van der Waals surface area contributed by atoms with Crippen molar-refractivity contribution in [1.82, 2.24) is 15.6 Å². The molecule has 2 N–H and O–H groups in total. The van der Waals surface area contributed by atoms with Gasteiger partial charge in [-0.3, -0.25) is 4.98 Å². The highest BCUT2D eigenvalue weighted by atomic mass is 19.1. The van der Waals surface area contributed by atoms with Gasteiger partial charge in [0.05, 0.1) is 6.04 Å². The molecular weight excluding hydrogens is 356 g/mol. The number of nitrogens with one attached hydrogen (secondary N) is 2. The standard InChI is InChI=1S/C23H29F2N3/c1-6-17-8-18(13-27-17)28-14(2)19-9-22(25)20(10-21(19)24)15-7-16(12-26-11-15)23(3,4)5/h7,9-14,17,27-28H,6,8H2,1-5H3. The molecule has 2 heterocycles.